The summed E-state index contributed by atoms with van der Waals surface area (Å²) in [5.74, 6) is 0.512. The van der Waals surface area contributed by atoms with E-state index in [0.29, 0.717) is 32.1 Å². The fourth-order valence-corrected chi connectivity index (χ4v) is 3.22. The number of hydrogen-bond donors (Lipinski definition) is 0. The number of amides is 2. The summed E-state index contributed by atoms with van der Waals surface area (Å²) in [6.45, 7) is 8.03. The molecule has 7 heteroatoms. The van der Waals surface area contributed by atoms with Gasteiger partial charge in [-0.2, -0.15) is 0 Å². The Hall–Kier alpha value is -2.96. The van der Waals surface area contributed by atoms with Crippen molar-refractivity contribution < 1.29 is 9.59 Å². The van der Waals surface area contributed by atoms with Crippen LogP contribution >= 0.6 is 0 Å². The number of aryl methyl sites for hydroxylation is 2. The van der Waals surface area contributed by atoms with E-state index in [-0.39, 0.29) is 18.4 Å². The largest absolute Gasteiger partial charge is 0.338 e. The Labute approximate surface area is 159 Å². The summed E-state index contributed by atoms with van der Waals surface area (Å²) in [5.41, 5.74) is 2.84. The molecule has 1 aliphatic rings. The van der Waals surface area contributed by atoms with Crippen LogP contribution in [0.2, 0.25) is 0 Å². The van der Waals surface area contributed by atoms with Crippen molar-refractivity contribution in [2.75, 3.05) is 42.5 Å². The highest BCUT2D eigenvalue weighted by atomic mass is 16.2. The number of aromatic nitrogens is 2. The van der Waals surface area contributed by atoms with Gasteiger partial charge >= 0.3 is 0 Å². The van der Waals surface area contributed by atoms with Crippen molar-refractivity contribution in [3.8, 4) is 0 Å². The van der Waals surface area contributed by atoms with E-state index < -0.39 is 0 Å². The average molecular weight is 367 g/mol. The third-order valence-corrected chi connectivity index (χ3v) is 4.80. The monoisotopic (exact) mass is 367 g/mol. The highest BCUT2D eigenvalue weighted by Gasteiger charge is 2.25. The van der Waals surface area contributed by atoms with Gasteiger partial charge in [0.2, 0.25) is 17.8 Å². The van der Waals surface area contributed by atoms with Gasteiger partial charge in [-0.05, 0) is 37.1 Å². The first kappa shape index (κ1) is 18.8. The lowest BCUT2D eigenvalue weighted by Crippen LogP contribution is -2.52. The Morgan fingerprint density at radius 2 is 1.74 bits per heavy atom. The number of piperazine rings is 1. The lowest BCUT2D eigenvalue weighted by molar-refractivity contribution is -0.131. The van der Waals surface area contributed by atoms with Crippen LogP contribution in [-0.2, 0) is 9.59 Å². The van der Waals surface area contributed by atoms with Gasteiger partial charge in [0.15, 0.2) is 0 Å². The predicted molar refractivity (Wildman–Crippen MR) is 105 cm³/mol. The average Bonchev–Trinajstić information content (AvgIpc) is 2.68. The van der Waals surface area contributed by atoms with Crippen LogP contribution in [0.4, 0.5) is 11.6 Å². The van der Waals surface area contributed by atoms with E-state index in [4.69, 9.17) is 0 Å². The summed E-state index contributed by atoms with van der Waals surface area (Å²) in [6.07, 6.45) is 3.43. The van der Waals surface area contributed by atoms with Gasteiger partial charge < -0.3 is 14.7 Å². The third kappa shape index (κ3) is 4.42. The van der Waals surface area contributed by atoms with Crippen LogP contribution in [0.15, 0.2) is 36.7 Å². The van der Waals surface area contributed by atoms with Gasteiger partial charge in [0.1, 0.15) is 6.54 Å². The third-order valence-electron chi connectivity index (χ3n) is 4.80. The number of benzene rings is 1. The summed E-state index contributed by atoms with van der Waals surface area (Å²) in [7, 11) is 0. The molecule has 2 amide bonds. The first-order chi connectivity index (χ1) is 13.0. The molecule has 1 aromatic heterocycles. The van der Waals surface area contributed by atoms with Crippen molar-refractivity contribution in [3.05, 3.63) is 47.8 Å². The predicted octanol–water partition coefficient (Wildman–Crippen LogP) is 1.80. The maximum atomic E-state index is 12.8. The number of hydrogen-bond acceptors (Lipinski definition) is 5. The van der Waals surface area contributed by atoms with Crippen LogP contribution in [0.25, 0.3) is 0 Å². The first-order valence-electron chi connectivity index (χ1n) is 9.11. The molecular weight excluding hydrogens is 342 g/mol. The molecule has 7 nitrogen and oxygen atoms in total. The fraction of sp³-hybridized carbons (Fsp3) is 0.400. The van der Waals surface area contributed by atoms with E-state index in [0.717, 1.165) is 16.8 Å². The molecule has 1 saturated heterocycles. The normalized spacial score (nSPS) is 14.2. The summed E-state index contributed by atoms with van der Waals surface area (Å²) in [5, 5.41) is 0. The van der Waals surface area contributed by atoms with Crippen molar-refractivity contribution in [2.45, 2.75) is 20.8 Å². The molecule has 0 atom stereocenters. The molecule has 3 rings (SSSR count). The highest BCUT2D eigenvalue weighted by molar-refractivity contribution is 5.98. The number of rotatable bonds is 4. The van der Waals surface area contributed by atoms with Gasteiger partial charge in [0.05, 0.1) is 0 Å². The zero-order valence-corrected chi connectivity index (χ0v) is 16.1. The smallest absolute Gasteiger partial charge is 0.242 e. The van der Waals surface area contributed by atoms with Gasteiger partial charge in [-0.3, -0.25) is 9.59 Å². The SMILES string of the molecule is CC(=O)N(CC(=O)N1CCN(c2ncccn2)CC1)c1cc(C)ccc1C. The maximum Gasteiger partial charge on any atom is 0.242 e. The number of carbonyl (C=O) groups excluding carboxylic acids is 2. The van der Waals surface area contributed by atoms with Crippen LogP contribution < -0.4 is 9.80 Å². The highest BCUT2D eigenvalue weighted by Crippen LogP contribution is 2.22. The zero-order valence-electron chi connectivity index (χ0n) is 16.1. The quantitative estimate of drug-likeness (QED) is 0.824. The second kappa shape index (κ2) is 8.16. The second-order valence-electron chi connectivity index (χ2n) is 6.81. The molecule has 0 unspecified atom stereocenters. The molecule has 2 aromatic rings. The van der Waals surface area contributed by atoms with Crippen LogP contribution in [0.3, 0.4) is 0 Å². The molecule has 1 aliphatic heterocycles. The molecule has 0 aliphatic carbocycles. The summed E-state index contributed by atoms with van der Waals surface area (Å²) >= 11 is 0. The molecule has 1 aromatic carbocycles. The minimum Gasteiger partial charge on any atom is -0.338 e. The topological polar surface area (TPSA) is 69.6 Å². The Morgan fingerprint density at radius 1 is 1.07 bits per heavy atom. The first-order valence-corrected chi connectivity index (χ1v) is 9.11. The standard InChI is InChI=1S/C20H25N5O2/c1-15-5-6-16(2)18(13-15)25(17(3)26)14-19(27)23-9-11-24(12-10-23)20-21-7-4-8-22-20/h4-8,13H,9-12,14H2,1-3H3. The fourth-order valence-electron chi connectivity index (χ4n) is 3.22. The van der Waals surface area contributed by atoms with Crippen LogP contribution in [0.1, 0.15) is 18.1 Å². The van der Waals surface area contributed by atoms with E-state index in [1.165, 1.54) is 6.92 Å². The molecule has 1 fully saturated rings. The van der Waals surface area contributed by atoms with E-state index >= 15 is 0 Å². The maximum absolute atomic E-state index is 12.8. The molecule has 0 saturated carbocycles. The molecular formula is C20H25N5O2. The lowest BCUT2D eigenvalue weighted by atomic mass is 10.1. The minimum absolute atomic E-state index is 0.0419. The van der Waals surface area contributed by atoms with Crippen molar-refractivity contribution in [3.63, 3.8) is 0 Å². The minimum atomic E-state index is -0.131. The van der Waals surface area contributed by atoms with E-state index in [9.17, 15) is 9.59 Å². The van der Waals surface area contributed by atoms with Crippen LogP contribution in [0.5, 0.6) is 0 Å². The molecule has 27 heavy (non-hydrogen) atoms. The van der Waals surface area contributed by atoms with Crippen molar-refractivity contribution >= 4 is 23.5 Å². The number of nitrogens with zero attached hydrogens (tertiary/aromatic N) is 5. The van der Waals surface area contributed by atoms with E-state index in [2.05, 4.69) is 14.9 Å². The van der Waals surface area contributed by atoms with E-state index in [1.54, 1.807) is 28.3 Å². The van der Waals surface area contributed by atoms with Gasteiger partial charge in [-0.15, -0.1) is 0 Å². The second-order valence-corrected chi connectivity index (χ2v) is 6.81. The van der Waals surface area contributed by atoms with Gasteiger partial charge in [-0.25, -0.2) is 9.97 Å². The Kier molecular flexibility index (Phi) is 5.69. The van der Waals surface area contributed by atoms with E-state index in [1.807, 2.05) is 32.0 Å². The molecule has 0 radical (unpaired) electrons. The van der Waals surface area contributed by atoms with Gasteiger partial charge in [0.25, 0.3) is 0 Å². The molecule has 0 bridgehead atoms. The summed E-state index contributed by atoms with van der Waals surface area (Å²) in [4.78, 5) is 39.0. The molecule has 2 heterocycles. The Bertz CT molecular complexity index is 816. The van der Waals surface area contributed by atoms with Crippen molar-refractivity contribution in [1.29, 1.82) is 0 Å². The lowest BCUT2D eigenvalue weighted by Gasteiger charge is -2.35. The van der Waals surface area contributed by atoms with Gasteiger partial charge in [0, 0.05) is 51.2 Å². The summed E-state index contributed by atoms with van der Waals surface area (Å²) < 4.78 is 0. The van der Waals surface area contributed by atoms with Gasteiger partial charge in [-0.1, -0.05) is 12.1 Å². The number of carbonyl (C=O) groups is 2. The molecule has 142 valence electrons. The van der Waals surface area contributed by atoms with Crippen LogP contribution in [-0.4, -0.2) is 59.4 Å². The summed E-state index contributed by atoms with van der Waals surface area (Å²) in [6, 6.07) is 7.72. The Balaban J connectivity index is 1.65. The van der Waals surface area contributed by atoms with Crippen molar-refractivity contribution in [2.24, 2.45) is 0 Å². The molecule has 0 spiro atoms. The molecule has 0 N–H and O–H groups in total. The zero-order chi connectivity index (χ0) is 19.4. The number of anilines is 2. The van der Waals surface area contributed by atoms with Crippen molar-refractivity contribution in [1.82, 2.24) is 14.9 Å². The Morgan fingerprint density at radius 3 is 2.37 bits per heavy atom. The van der Waals surface area contributed by atoms with Crippen LogP contribution in [0, 0.1) is 13.8 Å².